The van der Waals surface area contributed by atoms with E-state index in [0.717, 1.165) is 75.9 Å². The van der Waals surface area contributed by atoms with Crippen molar-refractivity contribution in [1.82, 2.24) is 35.1 Å². The van der Waals surface area contributed by atoms with Crippen LogP contribution in [0.15, 0.2) is 73.1 Å². The van der Waals surface area contributed by atoms with Gasteiger partial charge in [0.05, 0.1) is 43.0 Å². The van der Waals surface area contributed by atoms with E-state index < -0.39 is 18.2 Å². The molecule has 2 aliphatic heterocycles. The van der Waals surface area contributed by atoms with Crippen LogP contribution in [0.4, 0.5) is 9.59 Å². The number of imidazole rings is 2. The van der Waals surface area contributed by atoms with Crippen LogP contribution in [0, 0.1) is 17.8 Å². The molecule has 266 valence electrons. The summed E-state index contributed by atoms with van der Waals surface area (Å²) in [6, 6.07) is 20.4. The number of nitrogens with one attached hydrogen (secondary N) is 3. The SMILES string of the molecule is COC(=O)N[C@H](C(=O)N1[C@@H]2C[C@H]2C[C@H]1c1ncc(-c2ccc3cc(-c4ccc(-c5cnc(C6CC7CC7N6C(=O)O)[nH]5)cc4)ccc3c2)[nH]1)C(C)C. The highest BCUT2D eigenvalue weighted by molar-refractivity contribution is 5.91. The van der Waals surface area contributed by atoms with Crippen LogP contribution >= 0.6 is 0 Å². The molecule has 3 amide bonds. The molecule has 3 unspecified atom stereocenters. The highest BCUT2D eigenvalue weighted by Crippen LogP contribution is 2.54. The first-order chi connectivity index (χ1) is 25.2. The van der Waals surface area contributed by atoms with Gasteiger partial charge in [0.2, 0.25) is 5.91 Å². The number of aromatic nitrogens is 4. The van der Waals surface area contributed by atoms with Gasteiger partial charge in [-0.05, 0) is 83.0 Å². The number of carbonyl (C=O) groups is 3. The third-order valence-corrected chi connectivity index (χ3v) is 11.6. The lowest BCUT2D eigenvalue weighted by Gasteiger charge is -2.31. The molecule has 0 radical (unpaired) electrons. The first-order valence-electron chi connectivity index (χ1n) is 18.1. The maximum Gasteiger partial charge on any atom is 0.408 e. The molecule has 2 aromatic heterocycles. The number of hydrogen-bond acceptors (Lipinski definition) is 6. The average molecular weight is 700 g/mol. The van der Waals surface area contributed by atoms with Crippen LogP contribution in [0.5, 0.6) is 0 Å². The molecule has 4 fully saturated rings. The van der Waals surface area contributed by atoms with Gasteiger partial charge in [0.1, 0.15) is 17.7 Å². The number of amides is 3. The Morgan fingerprint density at radius 3 is 1.87 bits per heavy atom. The number of carboxylic acid groups (broad SMARTS) is 1. The fraction of sp³-hybridized carbons (Fsp3) is 0.375. The second-order valence-corrected chi connectivity index (χ2v) is 15.1. The molecule has 12 nitrogen and oxygen atoms in total. The van der Waals surface area contributed by atoms with Crippen molar-refractivity contribution in [3.63, 3.8) is 0 Å². The topological polar surface area (TPSA) is 157 Å². The number of carbonyl (C=O) groups excluding carboxylic acids is 2. The summed E-state index contributed by atoms with van der Waals surface area (Å²) in [7, 11) is 1.30. The van der Waals surface area contributed by atoms with Crippen LogP contribution in [-0.2, 0) is 9.53 Å². The number of aromatic amines is 2. The zero-order chi connectivity index (χ0) is 35.8. The van der Waals surface area contributed by atoms with Crippen LogP contribution in [0.3, 0.4) is 0 Å². The fourth-order valence-corrected chi connectivity index (χ4v) is 8.59. The van der Waals surface area contributed by atoms with Gasteiger partial charge >= 0.3 is 12.2 Å². The van der Waals surface area contributed by atoms with E-state index >= 15 is 0 Å². The lowest BCUT2D eigenvalue weighted by molar-refractivity contribution is -0.136. The predicted molar refractivity (Wildman–Crippen MR) is 194 cm³/mol. The van der Waals surface area contributed by atoms with Gasteiger partial charge in [-0.25, -0.2) is 19.6 Å². The van der Waals surface area contributed by atoms with E-state index in [1.165, 1.54) is 7.11 Å². The molecular formula is C40H41N7O5. The maximum atomic E-state index is 13.8. The number of likely N-dealkylation sites (tertiary alicyclic amines) is 2. The van der Waals surface area contributed by atoms with Gasteiger partial charge < -0.3 is 30.0 Å². The smallest absolute Gasteiger partial charge is 0.408 e. The monoisotopic (exact) mass is 699 g/mol. The molecule has 9 rings (SSSR count). The molecule has 4 aliphatic rings. The summed E-state index contributed by atoms with van der Waals surface area (Å²) in [4.78, 5) is 57.3. The Labute approximate surface area is 300 Å². The van der Waals surface area contributed by atoms with E-state index in [0.29, 0.717) is 17.7 Å². The summed E-state index contributed by atoms with van der Waals surface area (Å²) in [6.07, 6.45) is 5.78. The van der Waals surface area contributed by atoms with Gasteiger partial charge in [-0.3, -0.25) is 9.69 Å². The van der Waals surface area contributed by atoms with Crippen LogP contribution < -0.4 is 5.32 Å². The highest BCUT2D eigenvalue weighted by atomic mass is 16.5. The molecule has 12 heteroatoms. The average Bonchev–Trinajstić information content (AvgIpc) is 3.74. The van der Waals surface area contributed by atoms with E-state index in [4.69, 9.17) is 9.72 Å². The first-order valence-corrected chi connectivity index (χ1v) is 18.1. The number of nitrogens with zero attached hydrogens (tertiary/aromatic N) is 4. The third kappa shape index (κ3) is 5.57. The van der Waals surface area contributed by atoms with Crippen molar-refractivity contribution in [2.45, 2.75) is 69.7 Å². The summed E-state index contributed by atoms with van der Waals surface area (Å²) < 4.78 is 4.79. The summed E-state index contributed by atoms with van der Waals surface area (Å²) in [6.45, 7) is 3.85. The molecule has 3 aromatic carbocycles. The van der Waals surface area contributed by atoms with Gasteiger partial charge in [-0.2, -0.15) is 0 Å². The molecule has 4 N–H and O–H groups in total. The van der Waals surface area contributed by atoms with Gasteiger partial charge in [0, 0.05) is 17.6 Å². The largest absolute Gasteiger partial charge is 0.465 e. The van der Waals surface area contributed by atoms with E-state index in [-0.39, 0.29) is 36.0 Å². The van der Waals surface area contributed by atoms with Gasteiger partial charge in [0.15, 0.2) is 0 Å². The van der Waals surface area contributed by atoms with Crippen molar-refractivity contribution < 1.29 is 24.2 Å². The molecule has 7 atom stereocenters. The second kappa shape index (κ2) is 12.2. The standard InChI is InChI=1S/C40H41N7O5/c1-20(2)35(45-39(49)52-3)38(48)46-31-14-27(31)16-33(46)36-42-19-30(44-36)26-11-10-24-12-23(8-9-25(24)13-26)21-4-6-22(7-5-21)29-18-41-37(43-29)34-17-28-15-32(28)47(34)40(50)51/h4-13,18-20,27-28,31-35H,14-17H2,1-3H3,(H,41,43)(H,42,44)(H,45,49)(H,50,51)/t27-,28?,31+,32?,33-,34?,35-/m0/s1. The quantitative estimate of drug-likeness (QED) is 0.134. The molecular weight excluding hydrogens is 658 g/mol. The summed E-state index contributed by atoms with van der Waals surface area (Å²) in [5.41, 5.74) is 5.97. The highest BCUT2D eigenvalue weighted by Gasteiger charge is 2.57. The molecule has 5 aromatic rings. The Morgan fingerprint density at radius 1 is 0.750 bits per heavy atom. The van der Waals surface area contributed by atoms with Crippen LogP contribution in [0.1, 0.15) is 63.3 Å². The molecule has 0 bridgehead atoms. The minimum atomic E-state index is -0.871. The van der Waals surface area contributed by atoms with E-state index in [2.05, 4.69) is 80.9 Å². The Morgan fingerprint density at radius 2 is 1.27 bits per heavy atom. The Kier molecular flexibility index (Phi) is 7.60. The number of H-pyrrole nitrogens is 2. The van der Waals surface area contributed by atoms with Gasteiger partial charge in [0.25, 0.3) is 0 Å². The molecule has 2 saturated heterocycles. The number of ether oxygens (including phenoxy) is 1. The van der Waals surface area contributed by atoms with Gasteiger partial charge in [-0.15, -0.1) is 0 Å². The minimum Gasteiger partial charge on any atom is -0.465 e. The molecule has 2 aliphatic carbocycles. The number of fused-ring (bicyclic) bond motifs is 3. The summed E-state index contributed by atoms with van der Waals surface area (Å²) in [5.74, 6) is 2.21. The van der Waals surface area contributed by atoms with Crippen molar-refractivity contribution >= 4 is 28.9 Å². The Hall–Kier alpha value is -5.65. The fourth-order valence-electron chi connectivity index (χ4n) is 8.59. The maximum absolute atomic E-state index is 13.8. The van der Waals surface area contributed by atoms with E-state index in [9.17, 15) is 19.5 Å². The lowest BCUT2D eigenvalue weighted by atomic mass is 9.98. The van der Waals surface area contributed by atoms with Crippen molar-refractivity contribution in [3.05, 3.63) is 84.7 Å². The van der Waals surface area contributed by atoms with Crippen LogP contribution in [-0.4, -0.2) is 78.2 Å². The summed E-state index contributed by atoms with van der Waals surface area (Å²) >= 11 is 0. The number of alkyl carbamates (subject to hydrolysis) is 1. The van der Waals surface area contributed by atoms with Crippen molar-refractivity contribution in [2.75, 3.05) is 7.11 Å². The second-order valence-electron chi connectivity index (χ2n) is 15.1. The molecule has 0 spiro atoms. The zero-order valence-corrected chi connectivity index (χ0v) is 29.2. The number of benzene rings is 3. The summed E-state index contributed by atoms with van der Waals surface area (Å²) in [5, 5.41) is 14.7. The predicted octanol–water partition coefficient (Wildman–Crippen LogP) is 7.14. The number of methoxy groups -OCH3 is 1. The van der Waals surface area contributed by atoms with E-state index in [1.807, 2.05) is 24.9 Å². The molecule has 4 heterocycles. The van der Waals surface area contributed by atoms with Crippen molar-refractivity contribution in [2.24, 2.45) is 17.8 Å². The molecule has 2 saturated carbocycles. The number of hydrogen-bond donors (Lipinski definition) is 4. The van der Waals surface area contributed by atoms with Crippen molar-refractivity contribution in [3.8, 4) is 33.6 Å². The first kappa shape index (κ1) is 32.3. The minimum absolute atomic E-state index is 0.0907. The number of piperidine rings is 2. The number of rotatable bonds is 8. The van der Waals surface area contributed by atoms with Crippen molar-refractivity contribution in [1.29, 1.82) is 0 Å². The van der Waals surface area contributed by atoms with Crippen LogP contribution in [0.25, 0.3) is 44.4 Å². The third-order valence-electron chi connectivity index (χ3n) is 11.6. The Bertz CT molecular complexity index is 2210. The van der Waals surface area contributed by atoms with E-state index in [1.54, 1.807) is 11.1 Å². The zero-order valence-electron chi connectivity index (χ0n) is 29.2. The van der Waals surface area contributed by atoms with Crippen LogP contribution in [0.2, 0.25) is 0 Å². The Balaban J connectivity index is 0.901. The van der Waals surface area contributed by atoms with Gasteiger partial charge in [-0.1, -0.05) is 62.4 Å². The lowest BCUT2D eigenvalue weighted by Crippen LogP contribution is -2.52. The normalized spacial score (nSPS) is 24.8. The molecule has 52 heavy (non-hydrogen) atoms.